The molecule has 3 rings (SSSR count). The van der Waals surface area contributed by atoms with Crippen molar-refractivity contribution in [3.05, 3.63) is 42.0 Å². The first-order valence-corrected chi connectivity index (χ1v) is 10.00. The smallest absolute Gasteiger partial charge is 0.454 e. The van der Waals surface area contributed by atoms with Gasteiger partial charge in [0.15, 0.2) is 0 Å². The molecule has 0 unspecified atom stereocenters. The number of hydrogen-bond acceptors (Lipinski definition) is 6. The fourth-order valence-electron chi connectivity index (χ4n) is 3.65. The van der Waals surface area contributed by atoms with E-state index in [4.69, 9.17) is 9.47 Å². The molecule has 1 fully saturated rings. The Bertz CT molecular complexity index is 906. The molecular weight excluding hydrogens is 411 g/mol. The van der Waals surface area contributed by atoms with Gasteiger partial charge >= 0.3 is 6.18 Å². The fourth-order valence-corrected chi connectivity index (χ4v) is 3.65. The van der Waals surface area contributed by atoms with Crippen LogP contribution in [0.2, 0.25) is 0 Å². The number of ketones is 1. The Morgan fingerprint density at radius 3 is 2.19 bits per heavy atom. The zero-order valence-corrected chi connectivity index (χ0v) is 17.8. The van der Waals surface area contributed by atoms with Crippen LogP contribution in [0.1, 0.15) is 17.3 Å². The predicted octanol–water partition coefficient (Wildman–Crippen LogP) is 4.02. The van der Waals surface area contributed by atoms with E-state index < -0.39 is 17.5 Å². The third-order valence-electron chi connectivity index (χ3n) is 5.22. The van der Waals surface area contributed by atoms with Crippen molar-refractivity contribution in [1.82, 2.24) is 5.32 Å². The summed E-state index contributed by atoms with van der Waals surface area (Å²) in [6.45, 7) is 5.16. The van der Waals surface area contributed by atoms with Gasteiger partial charge in [-0.15, -0.1) is 0 Å². The summed E-state index contributed by atoms with van der Waals surface area (Å²) >= 11 is 0. The number of carbonyl (C=O) groups excluding carboxylic acids is 1. The van der Waals surface area contributed by atoms with E-state index in [1.807, 2.05) is 6.92 Å². The molecule has 1 N–H and O–H groups in total. The molecule has 0 spiro atoms. The van der Waals surface area contributed by atoms with Gasteiger partial charge < -0.3 is 24.6 Å². The Morgan fingerprint density at radius 2 is 1.68 bits per heavy atom. The lowest BCUT2D eigenvalue weighted by Crippen LogP contribution is -2.43. The minimum atomic E-state index is -4.98. The van der Waals surface area contributed by atoms with Crippen LogP contribution in [-0.2, 0) is 0 Å². The number of benzene rings is 2. The molecule has 0 aliphatic carbocycles. The molecule has 9 heteroatoms. The van der Waals surface area contributed by atoms with Gasteiger partial charge in [0.1, 0.15) is 11.5 Å². The van der Waals surface area contributed by atoms with Gasteiger partial charge in [-0.2, -0.15) is 13.2 Å². The normalized spacial score (nSPS) is 14.3. The van der Waals surface area contributed by atoms with Gasteiger partial charge in [0, 0.05) is 62.3 Å². The average molecular weight is 437 g/mol. The average Bonchev–Trinajstić information content (AvgIpc) is 2.78. The van der Waals surface area contributed by atoms with Crippen LogP contribution in [0.15, 0.2) is 36.4 Å². The van der Waals surface area contributed by atoms with Crippen molar-refractivity contribution in [3.63, 3.8) is 0 Å². The van der Waals surface area contributed by atoms with Crippen LogP contribution >= 0.6 is 0 Å². The van der Waals surface area contributed by atoms with E-state index in [0.29, 0.717) is 23.7 Å². The zero-order valence-electron chi connectivity index (χ0n) is 17.8. The Labute approximate surface area is 179 Å². The molecule has 0 bridgehead atoms. The maximum absolute atomic E-state index is 13.4. The molecule has 0 aromatic heterocycles. The number of halogens is 3. The second-order valence-corrected chi connectivity index (χ2v) is 7.08. The van der Waals surface area contributed by atoms with Crippen molar-refractivity contribution < 1.29 is 27.4 Å². The number of piperazine rings is 1. The number of methoxy groups -OCH3 is 2. The molecule has 1 aliphatic rings. The van der Waals surface area contributed by atoms with Crippen molar-refractivity contribution in [3.8, 4) is 11.5 Å². The first-order valence-electron chi connectivity index (χ1n) is 10.00. The van der Waals surface area contributed by atoms with Crippen molar-refractivity contribution in [2.75, 3.05) is 56.7 Å². The predicted molar refractivity (Wildman–Crippen MR) is 114 cm³/mol. The summed E-state index contributed by atoms with van der Waals surface area (Å²) < 4.78 is 50.7. The van der Waals surface area contributed by atoms with Crippen LogP contribution in [0.4, 0.5) is 30.2 Å². The van der Waals surface area contributed by atoms with Crippen molar-refractivity contribution in [2.24, 2.45) is 0 Å². The lowest BCUT2D eigenvalue weighted by molar-refractivity contribution is -0.0884. The molecule has 0 amide bonds. The number of hydrogen-bond donors (Lipinski definition) is 1. The molecule has 0 radical (unpaired) electrons. The number of alkyl halides is 3. The highest BCUT2D eigenvalue weighted by Gasteiger charge is 2.41. The molecule has 1 aliphatic heterocycles. The zero-order chi connectivity index (χ0) is 22.6. The summed E-state index contributed by atoms with van der Waals surface area (Å²) in [7, 11) is 3.00. The summed E-state index contributed by atoms with van der Waals surface area (Å²) in [6, 6.07) is 9.57. The number of anilines is 3. The quantitative estimate of drug-likeness (QED) is 0.661. The maximum Gasteiger partial charge on any atom is 0.454 e. The number of carbonyl (C=O) groups is 1. The molecule has 168 valence electrons. The molecule has 1 saturated heterocycles. The van der Waals surface area contributed by atoms with E-state index in [1.165, 1.54) is 20.3 Å². The number of Topliss-reactive ketones (excluding diaryl/α,β-unsaturated/α-hetero) is 1. The van der Waals surface area contributed by atoms with Crippen LogP contribution in [0.25, 0.3) is 0 Å². The highest BCUT2D eigenvalue weighted by molar-refractivity contribution is 6.06. The van der Waals surface area contributed by atoms with E-state index >= 15 is 0 Å². The summed E-state index contributed by atoms with van der Waals surface area (Å²) in [6.07, 6.45) is -4.98. The summed E-state index contributed by atoms with van der Waals surface area (Å²) in [5.74, 6) is -0.882. The number of nitrogens with one attached hydrogen (secondary N) is 1. The molecular formula is C22H26F3N3O3. The Hall–Kier alpha value is -2.94. The van der Waals surface area contributed by atoms with Gasteiger partial charge in [-0.25, -0.2) is 0 Å². The number of rotatable bonds is 7. The largest absolute Gasteiger partial charge is 0.497 e. The molecule has 31 heavy (non-hydrogen) atoms. The topological polar surface area (TPSA) is 54.0 Å². The molecule has 2 aromatic carbocycles. The summed E-state index contributed by atoms with van der Waals surface area (Å²) in [5, 5.41) is 3.25. The van der Waals surface area contributed by atoms with E-state index in [9.17, 15) is 18.0 Å². The minimum Gasteiger partial charge on any atom is -0.497 e. The van der Waals surface area contributed by atoms with Crippen molar-refractivity contribution >= 4 is 22.8 Å². The van der Waals surface area contributed by atoms with Gasteiger partial charge in [-0.1, -0.05) is 0 Å². The maximum atomic E-state index is 13.4. The highest BCUT2D eigenvalue weighted by Crippen LogP contribution is 2.38. The van der Waals surface area contributed by atoms with Crippen LogP contribution in [0, 0.1) is 0 Å². The first-order chi connectivity index (χ1) is 14.8. The van der Waals surface area contributed by atoms with Crippen LogP contribution in [-0.4, -0.2) is 58.9 Å². The third kappa shape index (κ3) is 5.04. The van der Waals surface area contributed by atoms with Gasteiger partial charge in [-0.05, 0) is 25.1 Å². The molecule has 6 nitrogen and oxygen atoms in total. The minimum absolute atomic E-state index is 0.191. The Balaban J connectivity index is 2.15. The Kier molecular flexibility index (Phi) is 6.94. The summed E-state index contributed by atoms with van der Waals surface area (Å²) in [4.78, 5) is 16.0. The van der Waals surface area contributed by atoms with Crippen LogP contribution in [0.5, 0.6) is 11.5 Å². The monoisotopic (exact) mass is 437 g/mol. The first kappa shape index (κ1) is 22.7. The molecule has 0 saturated carbocycles. The van der Waals surface area contributed by atoms with E-state index in [0.717, 1.165) is 31.9 Å². The van der Waals surface area contributed by atoms with Gasteiger partial charge in [0.2, 0.25) is 0 Å². The highest BCUT2D eigenvalue weighted by atomic mass is 19.4. The van der Waals surface area contributed by atoms with Gasteiger partial charge in [-0.3, -0.25) is 4.79 Å². The standard InChI is InChI=1S/C22H26F3N3O3/c1-4-28(16-11-17(30-2)14-18(12-16)31-3)20-13-15(27-9-7-26-8-10-27)5-6-19(20)21(29)22(23,24)25/h5-6,11-14,26H,4,7-10H2,1-3H3. The molecule has 2 aromatic rings. The van der Waals surface area contributed by atoms with Crippen LogP contribution in [0.3, 0.4) is 0 Å². The van der Waals surface area contributed by atoms with E-state index in [-0.39, 0.29) is 5.69 Å². The molecule has 0 atom stereocenters. The Morgan fingerprint density at radius 1 is 1.06 bits per heavy atom. The fraction of sp³-hybridized carbons (Fsp3) is 0.409. The van der Waals surface area contributed by atoms with E-state index in [2.05, 4.69) is 10.2 Å². The van der Waals surface area contributed by atoms with Gasteiger partial charge in [0.05, 0.1) is 25.5 Å². The second-order valence-electron chi connectivity index (χ2n) is 7.08. The number of ether oxygens (including phenoxy) is 2. The number of nitrogens with zero attached hydrogens (tertiary/aromatic N) is 2. The summed E-state index contributed by atoms with van der Waals surface area (Å²) in [5.41, 5.74) is 1.13. The van der Waals surface area contributed by atoms with Crippen molar-refractivity contribution in [2.45, 2.75) is 13.1 Å². The molecule has 1 heterocycles. The SMILES string of the molecule is CCN(c1cc(OC)cc(OC)c1)c1cc(N2CCNCC2)ccc1C(=O)C(F)(F)F. The van der Waals surface area contributed by atoms with Crippen LogP contribution < -0.4 is 24.6 Å². The van der Waals surface area contributed by atoms with E-state index in [1.54, 1.807) is 35.2 Å². The van der Waals surface area contributed by atoms with Gasteiger partial charge in [0.25, 0.3) is 5.78 Å². The van der Waals surface area contributed by atoms with Crippen molar-refractivity contribution in [1.29, 1.82) is 0 Å². The second kappa shape index (κ2) is 9.47. The lowest BCUT2D eigenvalue weighted by Gasteiger charge is -2.32. The third-order valence-corrected chi connectivity index (χ3v) is 5.22. The lowest BCUT2D eigenvalue weighted by atomic mass is 10.0.